The average Bonchev–Trinajstić information content (AvgIpc) is 3.15. The molecule has 3 aromatic rings. The molecule has 4 nitrogen and oxygen atoms in total. The van der Waals surface area contributed by atoms with E-state index in [2.05, 4.69) is 12.2 Å². The first-order valence-corrected chi connectivity index (χ1v) is 9.06. The second-order valence-corrected chi connectivity index (χ2v) is 7.10. The molecule has 138 valence electrons. The van der Waals surface area contributed by atoms with Gasteiger partial charge in [-0.1, -0.05) is 24.3 Å². The summed E-state index contributed by atoms with van der Waals surface area (Å²) in [6.45, 7) is 4.44. The number of para-hydroxylation sites is 1. The van der Waals surface area contributed by atoms with E-state index in [0.717, 1.165) is 46.7 Å². The van der Waals surface area contributed by atoms with Gasteiger partial charge in [0.25, 0.3) is 5.91 Å². The maximum absolute atomic E-state index is 13.2. The van der Waals surface area contributed by atoms with Gasteiger partial charge >= 0.3 is 0 Å². The Morgan fingerprint density at radius 2 is 2.04 bits per heavy atom. The van der Waals surface area contributed by atoms with Gasteiger partial charge in [-0.05, 0) is 30.5 Å². The number of aromatic nitrogens is 1. The van der Waals surface area contributed by atoms with Crippen LogP contribution >= 0.6 is 36.2 Å². The Morgan fingerprint density at radius 1 is 1.23 bits per heavy atom. The number of amides is 1. The fraction of sp³-hybridized carbons (Fsp3) is 0.263. The first-order valence-electron chi connectivity index (χ1n) is 8.19. The summed E-state index contributed by atoms with van der Waals surface area (Å²) in [7, 11) is 0. The summed E-state index contributed by atoms with van der Waals surface area (Å²) in [5, 5.41) is 6.34. The van der Waals surface area contributed by atoms with Crippen LogP contribution in [0.15, 0.2) is 47.8 Å². The first-order chi connectivity index (χ1) is 11.7. The van der Waals surface area contributed by atoms with Gasteiger partial charge in [-0.3, -0.25) is 4.79 Å². The van der Waals surface area contributed by atoms with E-state index in [-0.39, 0.29) is 30.7 Å². The first kappa shape index (κ1) is 20.6. The van der Waals surface area contributed by atoms with Gasteiger partial charge in [-0.15, -0.1) is 36.2 Å². The van der Waals surface area contributed by atoms with Gasteiger partial charge in [-0.2, -0.15) is 0 Å². The molecule has 1 aliphatic rings. The molecule has 4 rings (SSSR count). The molecule has 0 saturated carbocycles. The molecular formula is C19H21Cl2N3OS. The molecule has 1 aliphatic heterocycles. The van der Waals surface area contributed by atoms with Crippen LogP contribution in [0.2, 0.25) is 0 Å². The number of thiophene rings is 1. The summed E-state index contributed by atoms with van der Waals surface area (Å²) in [4.78, 5) is 20.9. The standard InChI is InChI=1S/C19H19N3OS.2ClH/c1-13-12-22(9-8-20-13)19(23)15-11-17(18-7-4-10-24-18)21-16-6-3-2-5-14(15)16;;/h2-7,10-11,13,20H,8-9,12H2,1H3;2*1H. The lowest BCUT2D eigenvalue weighted by molar-refractivity contribution is 0.0711. The number of rotatable bonds is 2. The lowest BCUT2D eigenvalue weighted by Crippen LogP contribution is -2.51. The van der Waals surface area contributed by atoms with Gasteiger partial charge in [0.2, 0.25) is 0 Å². The highest BCUT2D eigenvalue weighted by Crippen LogP contribution is 2.28. The summed E-state index contributed by atoms with van der Waals surface area (Å²) in [5.41, 5.74) is 2.49. The van der Waals surface area contributed by atoms with E-state index in [0.29, 0.717) is 6.04 Å². The Hall–Kier alpha value is -1.66. The molecule has 1 amide bonds. The van der Waals surface area contributed by atoms with Crippen LogP contribution in [0, 0.1) is 0 Å². The minimum atomic E-state index is 0. The monoisotopic (exact) mass is 409 g/mol. The van der Waals surface area contributed by atoms with Crippen molar-refractivity contribution in [3.8, 4) is 10.6 Å². The molecule has 0 aliphatic carbocycles. The van der Waals surface area contributed by atoms with E-state index in [9.17, 15) is 4.79 Å². The van der Waals surface area contributed by atoms with Crippen LogP contribution in [0.4, 0.5) is 0 Å². The molecule has 1 atom stereocenters. The van der Waals surface area contributed by atoms with E-state index >= 15 is 0 Å². The number of piperazine rings is 1. The minimum absolute atomic E-state index is 0. The average molecular weight is 410 g/mol. The zero-order valence-electron chi connectivity index (χ0n) is 14.3. The van der Waals surface area contributed by atoms with Crippen molar-refractivity contribution in [3.63, 3.8) is 0 Å². The molecular weight excluding hydrogens is 389 g/mol. The minimum Gasteiger partial charge on any atom is -0.336 e. The summed E-state index contributed by atoms with van der Waals surface area (Å²) < 4.78 is 0. The summed E-state index contributed by atoms with van der Waals surface area (Å²) in [5.74, 6) is 0.0970. The number of benzene rings is 1. The number of hydrogen-bond acceptors (Lipinski definition) is 4. The fourth-order valence-electron chi connectivity index (χ4n) is 3.19. The maximum atomic E-state index is 13.2. The Bertz CT molecular complexity index is 886. The second kappa shape index (κ2) is 8.82. The van der Waals surface area contributed by atoms with E-state index < -0.39 is 0 Å². The molecule has 1 unspecified atom stereocenters. The van der Waals surface area contributed by atoms with Gasteiger partial charge in [-0.25, -0.2) is 4.98 Å². The topological polar surface area (TPSA) is 45.2 Å². The van der Waals surface area contributed by atoms with Gasteiger partial charge in [0.15, 0.2) is 0 Å². The molecule has 1 N–H and O–H groups in total. The normalized spacial score (nSPS) is 16.7. The van der Waals surface area contributed by atoms with Crippen LogP contribution in [0.25, 0.3) is 21.5 Å². The quantitative estimate of drug-likeness (QED) is 0.688. The van der Waals surface area contributed by atoms with Crippen molar-refractivity contribution in [1.29, 1.82) is 0 Å². The van der Waals surface area contributed by atoms with Gasteiger partial charge in [0, 0.05) is 31.1 Å². The van der Waals surface area contributed by atoms with Crippen molar-refractivity contribution in [1.82, 2.24) is 15.2 Å². The van der Waals surface area contributed by atoms with E-state index in [1.165, 1.54) is 0 Å². The van der Waals surface area contributed by atoms with E-state index in [1.807, 2.05) is 52.7 Å². The number of nitrogens with one attached hydrogen (secondary N) is 1. The van der Waals surface area contributed by atoms with Gasteiger partial charge < -0.3 is 10.2 Å². The lowest BCUT2D eigenvalue weighted by atomic mass is 10.0. The van der Waals surface area contributed by atoms with E-state index in [1.54, 1.807) is 11.3 Å². The van der Waals surface area contributed by atoms with Crippen LogP contribution in [-0.2, 0) is 0 Å². The van der Waals surface area contributed by atoms with Gasteiger partial charge in [0.05, 0.1) is 21.7 Å². The van der Waals surface area contributed by atoms with E-state index in [4.69, 9.17) is 4.98 Å². The molecule has 0 spiro atoms. The van der Waals surface area contributed by atoms with Crippen molar-refractivity contribution in [2.45, 2.75) is 13.0 Å². The predicted octanol–water partition coefficient (Wildman–Crippen LogP) is 4.24. The van der Waals surface area contributed by atoms with Crippen LogP contribution in [0.5, 0.6) is 0 Å². The molecule has 2 aromatic heterocycles. The molecule has 26 heavy (non-hydrogen) atoms. The number of carbonyl (C=O) groups excluding carboxylic acids is 1. The third-order valence-electron chi connectivity index (χ3n) is 4.38. The molecule has 3 heterocycles. The van der Waals surface area contributed by atoms with Crippen LogP contribution in [0.3, 0.4) is 0 Å². The number of halogens is 2. The lowest BCUT2D eigenvalue weighted by Gasteiger charge is -2.32. The Labute approximate surface area is 169 Å². The maximum Gasteiger partial charge on any atom is 0.254 e. The zero-order valence-corrected chi connectivity index (χ0v) is 16.8. The molecule has 1 saturated heterocycles. The van der Waals surface area contributed by atoms with Crippen LogP contribution in [0.1, 0.15) is 17.3 Å². The number of fused-ring (bicyclic) bond motifs is 1. The third-order valence-corrected chi connectivity index (χ3v) is 5.27. The van der Waals surface area contributed by atoms with Crippen LogP contribution < -0.4 is 5.32 Å². The molecule has 7 heteroatoms. The second-order valence-electron chi connectivity index (χ2n) is 6.16. The molecule has 0 bridgehead atoms. The molecule has 0 radical (unpaired) electrons. The fourth-order valence-corrected chi connectivity index (χ4v) is 3.88. The Balaban J connectivity index is 0.00000121. The number of pyridine rings is 1. The number of nitrogens with zero attached hydrogens (tertiary/aromatic N) is 2. The van der Waals surface area contributed by atoms with Crippen molar-refractivity contribution in [2.75, 3.05) is 19.6 Å². The van der Waals surface area contributed by atoms with Crippen LogP contribution in [-0.4, -0.2) is 41.5 Å². The summed E-state index contributed by atoms with van der Waals surface area (Å²) in [6.07, 6.45) is 0. The highest BCUT2D eigenvalue weighted by molar-refractivity contribution is 7.13. The van der Waals surface area contributed by atoms with Crippen molar-refractivity contribution < 1.29 is 4.79 Å². The third kappa shape index (κ3) is 4.01. The summed E-state index contributed by atoms with van der Waals surface area (Å²) >= 11 is 1.64. The number of hydrogen-bond donors (Lipinski definition) is 1. The molecule has 1 fully saturated rings. The SMILES string of the molecule is CC1CN(C(=O)c2cc(-c3cccs3)nc3ccccc23)CCN1.Cl.Cl. The largest absolute Gasteiger partial charge is 0.336 e. The zero-order chi connectivity index (χ0) is 16.5. The summed E-state index contributed by atoms with van der Waals surface area (Å²) in [6, 6.07) is 14.2. The smallest absolute Gasteiger partial charge is 0.254 e. The Kier molecular flexibility index (Phi) is 7.01. The van der Waals surface area contributed by atoms with Crippen molar-refractivity contribution in [2.24, 2.45) is 0 Å². The van der Waals surface area contributed by atoms with Crippen molar-refractivity contribution >= 4 is 53.0 Å². The van der Waals surface area contributed by atoms with Crippen molar-refractivity contribution in [3.05, 3.63) is 53.4 Å². The number of carbonyl (C=O) groups is 1. The van der Waals surface area contributed by atoms with Gasteiger partial charge in [0.1, 0.15) is 0 Å². The highest BCUT2D eigenvalue weighted by Gasteiger charge is 2.24. The highest BCUT2D eigenvalue weighted by atomic mass is 35.5. The Morgan fingerprint density at radius 3 is 2.77 bits per heavy atom. The molecule has 1 aromatic carbocycles. The predicted molar refractivity (Wildman–Crippen MR) is 113 cm³/mol.